The van der Waals surface area contributed by atoms with Crippen LogP contribution in [0.15, 0.2) is 48.1 Å². The summed E-state index contributed by atoms with van der Waals surface area (Å²) in [7, 11) is 0. The summed E-state index contributed by atoms with van der Waals surface area (Å²) < 4.78 is 0. The first-order valence-corrected chi connectivity index (χ1v) is 7.21. The predicted octanol–water partition coefficient (Wildman–Crippen LogP) is 4.37. The summed E-state index contributed by atoms with van der Waals surface area (Å²) in [6, 6.07) is 6.68. The van der Waals surface area contributed by atoms with E-state index in [2.05, 4.69) is 19.9 Å². The van der Waals surface area contributed by atoms with E-state index in [0.717, 1.165) is 0 Å². The second-order valence-electron chi connectivity index (χ2n) is 5.72. The van der Waals surface area contributed by atoms with Crippen LogP contribution < -0.4 is 0 Å². The van der Waals surface area contributed by atoms with Crippen molar-refractivity contribution in [3.63, 3.8) is 0 Å². The Balaban J connectivity index is 2.15. The van der Waals surface area contributed by atoms with E-state index in [4.69, 9.17) is 0 Å². The molecule has 1 fully saturated rings. The van der Waals surface area contributed by atoms with Crippen LogP contribution >= 0.6 is 0 Å². The zero-order valence-corrected chi connectivity index (χ0v) is 12.3. The SMILES string of the molecule is C/C=C(\C=C/C1C(C)CC1C)C(=O)c1ccccc1O. The van der Waals surface area contributed by atoms with E-state index in [1.165, 1.54) is 6.42 Å². The lowest BCUT2D eigenvalue weighted by atomic mass is 9.66. The highest BCUT2D eigenvalue weighted by Gasteiger charge is 2.32. The molecule has 0 heterocycles. The molecule has 1 aliphatic carbocycles. The van der Waals surface area contributed by atoms with Crippen molar-refractivity contribution in [3.05, 3.63) is 53.6 Å². The number of carbonyl (C=O) groups is 1. The largest absolute Gasteiger partial charge is 0.507 e. The number of phenolic OH excluding ortho intramolecular Hbond substituents is 1. The number of aromatic hydroxyl groups is 1. The molecule has 2 nitrogen and oxygen atoms in total. The average molecular weight is 270 g/mol. The van der Waals surface area contributed by atoms with Gasteiger partial charge in [-0.25, -0.2) is 0 Å². The first-order valence-electron chi connectivity index (χ1n) is 7.21. The van der Waals surface area contributed by atoms with Gasteiger partial charge in [-0.15, -0.1) is 0 Å². The molecule has 2 heteroatoms. The third kappa shape index (κ3) is 2.84. The fourth-order valence-corrected chi connectivity index (χ4v) is 2.98. The number of allylic oxidation sites excluding steroid dienone is 4. The number of carbonyl (C=O) groups excluding carboxylic acids is 1. The van der Waals surface area contributed by atoms with Crippen LogP contribution in [0.1, 0.15) is 37.6 Å². The van der Waals surface area contributed by atoms with Gasteiger partial charge in [-0.2, -0.15) is 0 Å². The minimum absolute atomic E-state index is 0.0376. The minimum Gasteiger partial charge on any atom is -0.507 e. The van der Waals surface area contributed by atoms with Crippen molar-refractivity contribution in [2.45, 2.75) is 27.2 Å². The number of para-hydroxylation sites is 1. The summed E-state index contributed by atoms with van der Waals surface area (Å²) in [4.78, 5) is 12.4. The maximum Gasteiger partial charge on any atom is 0.196 e. The van der Waals surface area contributed by atoms with Crippen LogP contribution in [0.3, 0.4) is 0 Å². The van der Waals surface area contributed by atoms with Gasteiger partial charge in [-0.1, -0.05) is 44.2 Å². The number of Topliss-reactive ketones (excluding diaryl/α,β-unsaturated/α-hetero) is 1. The highest BCUT2D eigenvalue weighted by Crippen LogP contribution is 2.40. The van der Waals surface area contributed by atoms with Gasteiger partial charge in [-0.3, -0.25) is 4.79 Å². The van der Waals surface area contributed by atoms with Crippen LogP contribution in [0, 0.1) is 17.8 Å². The lowest BCUT2D eigenvalue weighted by molar-refractivity contribution is 0.103. The molecule has 0 spiro atoms. The third-order valence-corrected chi connectivity index (χ3v) is 4.28. The van der Waals surface area contributed by atoms with E-state index in [-0.39, 0.29) is 11.5 Å². The van der Waals surface area contributed by atoms with Gasteiger partial charge < -0.3 is 5.11 Å². The van der Waals surface area contributed by atoms with Crippen LogP contribution in [0.2, 0.25) is 0 Å². The lowest BCUT2D eigenvalue weighted by Crippen LogP contribution is -2.31. The van der Waals surface area contributed by atoms with Crippen molar-refractivity contribution in [2.24, 2.45) is 17.8 Å². The summed E-state index contributed by atoms with van der Waals surface area (Å²) in [5, 5.41) is 9.77. The quantitative estimate of drug-likeness (QED) is 0.501. The van der Waals surface area contributed by atoms with Crippen molar-refractivity contribution >= 4 is 5.78 Å². The normalized spacial score (nSPS) is 26.6. The fraction of sp³-hybridized carbons (Fsp3) is 0.389. The molecule has 0 amide bonds. The number of ketones is 1. The zero-order valence-electron chi connectivity index (χ0n) is 12.3. The Hall–Kier alpha value is -1.83. The summed E-state index contributed by atoms with van der Waals surface area (Å²) >= 11 is 0. The van der Waals surface area contributed by atoms with Gasteiger partial charge in [0, 0.05) is 5.57 Å². The molecule has 0 bridgehead atoms. The molecule has 2 atom stereocenters. The molecule has 1 aromatic carbocycles. The van der Waals surface area contributed by atoms with Crippen LogP contribution in [0.5, 0.6) is 5.75 Å². The van der Waals surface area contributed by atoms with Crippen molar-refractivity contribution in [3.8, 4) is 5.75 Å². The number of hydrogen-bond acceptors (Lipinski definition) is 2. The number of hydrogen-bond donors (Lipinski definition) is 1. The molecule has 1 aromatic rings. The van der Waals surface area contributed by atoms with Crippen molar-refractivity contribution in [1.29, 1.82) is 0 Å². The first kappa shape index (κ1) is 14.6. The van der Waals surface area contributed by atoms with Crippen LogP contribution in [-0.2, 0) is 0 Å². The highest BCUT2D eigenvalue weighted by molar-refractivity contribution is 6.12. The van der Waals surface area contributed by atoms with E-state index in [1.807, 2.05) is 13.0 Å². The molecule has 0 radical (unpaired) electrons. The Morgan fingerprint density at radius 1 is 1.25 bits per heavy atom. The van der Waals surface area contributed by atoms with Gasteiger partial charge >= 0.3 is 0 Å². The second kappa shape index (κ2) is 6.08. The molecule has 106 valence electrons. The zero-order chi connectivity index (χ0) is 14.7. The molecule has 2 rings (SSSR count). The molecule has 20 heavy (non-hydrogen) atoms. The summed E-state index contributed by atoms with van der Waals surface area (Å²) in [5.74, 6) is 1.86. The third-order valence-electron chi connectivity index (χ3n) is 4.28. The van der Waals surface area contributed by atoms with Crippen molar-refractivity contribution in [1.82, 2.24) is 0 Å². The Kier molecular flexibility index (Phi) is 4.43. The Labute approximate surface area is 120 Å². The van der Waals surface area contributed by atoms with E-state index in [0.29, 0.717) is 28.9 Å². The van der Waals surface area contributed by atoms with Crippen LogP contribution in [-0.4, -0.2) is 10.9 Å². The molecule has 0 saturated heterocycles. The molecule has 1 aliphatic rings. The molecular weight excluding hydrogens is 248 g/mol. The maximum atomic E-state index is 12.4. The first-order chi connectivity index (χ1) is 9.54. The molecular formula is C18H22O2. The fourth-order valence-electron chi connectivity index (χ4n) is 2.98. The Bertz CT molecular complexity index is 546. The molecule has 1 N–H and O–H groups in total. The molecule has 0 aliphatic heterocycles. The van der Waals surface area contributed by atoms with E-state index >= 15 is 0 Å². The monoisotopic (exact) mass is 270 g/mol. The number of rotatable bonds is 4. The number of benzene rings is 1. The lowest BCUT2D eigenvalue weighted by Gasteiger charge is -2.39. The van der Waals surface area contributed by atoms with E-state index < -0.39 is 0 Å². The predicted molar refractivity (Wildman–Crippen MR) is 81.8 cm³/mol. The summed E-state index contributed by atoms with van der Waals surface area (Å²) in [6.07, 6.45) is 7.12. The Morgan fingerprint density at radius 2 is 1.90 bits per heavy atom. The maximum absolute atomic E-state index is 12.4. The van der Waals surface area contributed by atoms with Gasteiger partial charge in [0.1, 0.15) is 5.75 Å². The molecule has 1 saturated carbocycles. The molecule has 0 aromatic heterocycles. The van der Waals surface area contributed by atoms with Gasteiger partial charge in [0.15, 0.2) is 5.78 Å². The molecule has 2 unspecified atom stereocenters. The van der Waals surface area contributed by atoms with Crippen LogP contribution in [0.4, 0.5) is 0 Å². The van der Waals surface area contributed by atoms with Gasteiger partial charge in [0.25, 0.3) is 0 Å². The average Bonchev–Trinajstić information content (AvgIpc) is 2.43. The van der Waals surface area contributed by atoms with Crippen molar-refractivity contribution in [2.75, 3.05) is 0 Å². The minimum atomic E-state index is -0.124. The van der Waals surface area contributed by atoms with Gasteiger partial charge in [0.2, 0.25) is 0 Å². The number of phenols is 1. The van der Waals surface area contributed by atoms with Crippen LogP contribution in [0.25, 0.3) is 0 Å². The van der Waals surface area contributed by atoms with E-state index in [9.17, 15) is 9.90 Å². The second-order valence-corrected chi connectivity index (χ2v) is 5.72. The standard InChI is InChI=1S/C18H22O2/c1-4-14(9-10-15-12(2)11-13(15)3)18(20)16-7-5-6-8-17(16)19/h4-10,12-13,15,19H,11H2,1-3H3/b10-9-,14-4+. The van der Waals surface area contributed by atoms with Gasteiger partial charge in [-0.05, 0) is 43.2 Å². The van der Waals surface area contributed by atoms with Gasteiger partial charge in [0.05, 0.1) is 5.56 Å². The van der Waals surface area contributed by atoms with Crippen molar-refractivity contribution < 1.29 is 9.90 Å². The Morgan fingerprint density at radius 3 is 2.45 bits per heavy atom. The summed E-state index contributed by atoms with van der Waals surface area (Å²) in [5.41, 5.74) is 0.998. The smallest absolute Gasteiger partial charge is 0.196 e. The summed E-state index contributed by atoms with van der Waals surface area (Å²) in [6.45, 7) is 6.34. The highest BCUT2D eigenvalue weighted by atomic mass is 16.3. The topological polar surface area (TPSA) is 37.3 Å². The van der Waals surface area contributed by atoms with E-state index in [1.54, 1.807) is 30.3 Å².